The lowest BCUT2D eigenvalue weighted by Gasteiger charge is -2.12. The van der Waals surface area contributed by atoms with Gasteiger partial charge in [-0.15, -0.1) is 0 Å². The Labute approximate surface area is 194 Å². The fraction of sp³-hybridized carbons (Fsp3) is 0.125. The first-order valence-electron chi connectivity index (χ1n) is 9.63. The van der Waals surface area contributed by atoms with Gasteiger partial charge in [0, 0.05) is 16.1 Å². The zero-order chi connectivity index (χ0) is 23.1. The number of hydrogen-bond acceptors (Lipinski definition) is 5. The highest BCUT2D eigenvalue weighted by Crippen LogP contribution is 2.25. The number of aryl methyl sites for hydroxylation is 1. The third kappa shape index (κ3) is 5.95. The average Bonchev–Trinajstić information content (AvgIpc) is 2.79. The molecule has 0 aliphatic carbocycles. The summed E-state index contributed by atoms with van der Waals surface area (Å²) in [7, 11) is 3.01. The second-order valence-electron chi connectivity index (χ2n) is 6.86. The molecule has 2 amide bonds. The molecule has 3 aromatic rings. The lowest BCUT2D eigenvalue weighted by Crippen LogP contribution is -2.21. The lowest BCUT2D eigenvalue weighted by molar-refractivity contribution is 0.0956. The smallest absolute Gasteiger partial charge is 0.273 e. The Morgan fingerprint density at radius 2 is 1.66 bits per heavy atom. The molecule has 0 atom stereocenters. The average molecular weight is 496 g/mol. The van der Waals surface area contributed by atoms with Crippen molar-refractivity contribution >= 4 is 39.6 Å². The summed E-state index contributed by atoms with van der Waals surface area (Å²) in [5, 5.41) is 6.80. The number of rotatable bonds is 7. The van der Waals surface area contributed by atoms with Crippen molar-refractivity contribution in [2.45, 2.75) is 6.92 Å². The summed E-state index contributed by atoms with van der Waals surface area (Å²) in [5.74, 6) is 0.0816. The summed E-state index contributed by atoms with van der Waals surface area (Å²) in [6.45, 7) is 1.98. The molecule has 32 heavy (non-hydrogen) atoms. The number of ether oxygens (including phenoxy) is 2. The van der Waals surface area contributed by atoms with Crippen LogP contribution in [0.25, 0.3) is 0 Å². The summed E-state index contributed by atoms with van der Waals surface area (Å²) < 4.78 is 11.1. The number of nitrogens with one attached hydrogen (secondary N) is 2. The first kappa shape index (κ1) is 23.0. The minimum absolute atomic E-state index is 0.254. The van der Waals surface area contributed by atoms with Gasteiger partial charge in [0.05, 0.1) is 31.7 Å². The lowest BCUT2D eigenvalue weighted by atomic mass is 10.1. The van der Waals surface area contributed by atoms with Gasteiger partial charge in [0.1, 0.15) is 11.5 Å². The normalized spacial score (nSPS) is 10.6. The molecule has 0 heterocycles. The fourth-order valence-corrected chi connectivity index (χ4v) is 3.28. The molecular weight excluding hydrogens is 474 g/mol. The highest BCUT2D eigenvalue weighted by molar-refractivity contribution is 9.10. The van der Waals surface area contributed by atoms with Gasteiger partial charge in [0.15, 0.2) is 0 Å². The molecule has 0 saturated heterocycles. The van der Waals surface area contributed by atoms with E-state index in [1.54, 1.807) is 42.6 Å². The summed E-state index contributed by atoms with van der Waals surface area (Å²) in [5.41, 5.74) is 5.37. The van der Waals surface area contributed by atoms with Gasteiger partial charge < -0.3 is 14.8 Å². The monoisotopic (exact) mass is 495 g/mol. The van der Waals surface area contributed by atoms with E-state index in [0.29, 0.717) is 27.2 Å². The number of anilines is 1. The molecule has 2 N–H and O–H groups in total. The Hall–Kier alpha value is -3.65. The SMILES string of the molecule is COc1cc(OC)cc(C(=O)Nc2ccc(Br)cc2C(=O)NN=Cc2cccc(C)c2)c1. The van der Waals surface area contributed by atoms with Crippen LogP contribution in [0.5, 0.6) is 11.5 Å². The topological polar surface area (TPSA) is 89.0 Å². The van der Waals surface area contributed by atoms with Crippen LogP contribution in [0.1, 0.15) is 31.8 Å². The van der Waals surface area contributed by atoms with Crippen molar-refractivity contribution < 1.29 is 19.1 Å². The van der Waals surface area contributed by atoms with Crippen molar-refractivity contribution in [3.63, 3.8) is 0 Å². The Morgan fingerprint density at radius 3 is 2.31 bits per heavy atom. The van der Waals surface area contributed by atoms with E-state index in [-0.39, 0.29) is 5.56 Å². The van der Waals surface area contributed by atoms with Crippen molar-refractivity contribution in [1.29, 1.82) is 0 Å². The minimum atomic E-state index is -0.464. The van der Waals surface area contributed by atoms with E-state index in [1.165, 1.54) is 14.2 Å². The largest absolute Gasteiger partial charge is 0.497 e. The van der Waals surface area contributed by atoms with Crippen LogP contribution in [0.3, 0.4) is 0 Å². The molecule has 0 spiro atoms. The molecule has 0 unspecified atom stereocenters. The maximum Gasteiger partial charge on any atom is 0.273 e. The van der Waals surface area contributed by atoms with Crippen LogP contribution in [0.2, 0.25) is 0 Å². The quantitative estimate of drug-likeness (QED) is 0.364. The predicted octanol–water partition coefficient (Wildman–Crippen LogP) is 4.79. The van der Waals surface area contributed by atoms with Gasteiger partial charge in [-0.05, 0) is 42.8 Å². The number of amides is 2. The van der Waals surface area contributed by atoms with Crippen LogP contribution in [0.15, 0.2) is 70.2 Å². The highest BCUT2D eigenvalue weighted by Gasteiger charge is 2.16. The molecule has 0 aromatic heterocycles. The number of halogens is 1. The van der Waals surface area contributed by atoms with Crippen LogP contribution in [-0.2, 0) is 0 Å². The number of benzene rings is 3. The van der Waals surface area contributed by atoms with Crippen molar-refractivity contribution in [3.05, 3.63) is 87.4 Å². The van der Waals surface area contributed by atoms with Gasteiger partial charge >= 0.3 is 0 Å². The predicted molar refractivity (Wildman–Crippen MR) is 128 cm³/mol. The second-order valence-corrected chi connectivity index (χ2v) is 7.77. The molecule has 8 heteroatoms. The number of hydrazone groups is 1. The molecule has 7 nitrogen and oxygen atoms in total. The number of nitrogens with zero attached hydrogens (tertiary/aromatic N) is 1. The van der Waals surface area contributed by atoms with Crippen LogP contribution in [0.4, 0.5) is 5.69 Å². The van der Waals surface area contributed by atoms with Gasteiger partial charge in [-0.2, -0.15) is 5.10 Å². The molecule has 0 aliphatic heterocycles. The zero-order valence-corrected chi connectivity index (χ0v) is 19.4. The molecule has 0 fully saturated rings. The first-order valence-corrected chi connectivity index (χ1v) is 10.4. The second kappa shape index (κ2) is 10.6. The van der Waals surface area contributed by atoms with E-state index >= 15 is 0 Å². The molecule has 0 bridgehead atoms. The van der Waals surface area contributed by atoms with E-state index in [2.05, 4.69) is 31.8 Å². The molecule has 3 aromatic carbocycles. The van der Waals surface area contributed by atoms with Gasteiger partial charge in [-0.3, -0.25) is 9.59 Å². The third-order valence-electron chi connectivity index (χ3n) is 4.51. The van der Waals surface area contributed by atoms with E-state index in [1.807, 2.05) is 31.2 Å². The molecule has 0 saturated carbocycles. The van der Waals surface area contributed by atoms with Crippen molar-refractivity contribution in [2.24, 2.45) is 5.10 Å². The fourth-order valence-electron chi connectivity index (χ4n) is 2.92. The number of carbonyl (C=O) groups excluding carboxylic acids is 2. The summed E-state index contributed by atoms with van der Waals surface area (Å²) in [4.78, 5) is 25.6. The maximum atomic E-state index is 12.8. The summed E-state index contributed by atoms with van der Waals surface area (Å²) >= 11 is 3.36. The van der Waals surface area contributed by atoms with Crippen LogP contribution in [0, 0.1) is 6.92 Å². The van der Waals surface area contributed by atoms with E-state index < -0.39 is 11.8 Å². The number of carbonyl (C=O) groups is 2. The Balaban J connectivity index is 1.80. The van der Waals surface area contributed by atoms with Gasteiger partial charge in [-0.1, -0.05) is 45.8 Å². The highest BCUT2D eigenvalue weighted by atomic mass is 79.9. The van der Waals surface area contributed by atoms with Crippen molar-refractivity contribution in [2.75, 3.05) is 19.5 Å². The number of hydrogen-bond donors (Lipinski definition) is 2. The molecule has 0 radical (unpaired) electrons. The van der Waals surface area contributed by atoms with Gasteiger partial charge in [-0.25, -0.2) is 5.43 Å². The Bertz CT molecular complexity index is 1160. The third-order valence-corrected chi connectivity index (χ3v) is 5.00. The summed E-state index contributed by atoms with van der Waals surface area (Å²) in [6, 6.07) is 17.5. The van der Waals surface area contributed by atoms with Gasteiger partial charge in [0.25, 0.3) is 11.8 Å². The van der Waals surface area contributed by atoms with Crippen LogP contribution in [-0.4, -0.2) is 32.2 Å². The minimum Gasteiger partial charge on any atom is -0.497 e. The number of methoxy groups -OCH3 is 2. The van der Waals surface area contributed by atoms with E-state index in [0.717, 1.165) is 11.1 Å². The van der Waals surface area contributed by atoms with Crippen molar-refractivity contribution in [1.82, 2.24) is 5.43 Å². The van der Waals surface area contributed by atoms with Crippen molar-refractivity contribution in [3.8, 4) is 11.5 Å². The standard InChI is InChI=1S/C24H22BrN3O4/c1-15-5-4-6-16(9-15)14-26-28-24(30)21-12-18(25)7-8-22(21)27-23(29)17-10-19(31-2)13-20(11-17)32-3/h4-14H,1-3H3,(H,27,29)(H,28,30). The zero-order valence-electron chi connectivity index (χ0n) is 17.8. The molecule has 164 valence electrons. The van der Waals surface area contributed by atoms with E-state index in [4.69, 9.17) is 9.47 Å². The maximum absolute atomic E-state index is 12.8. The van der Waals surface area contributed by atoms with Gasteiger partial charge in [0.2, 0.25) is 0 Å². The Morgan fingerprint density at radius 1 is 0.938 bits per heavy atom. The van der Waals surface area contributed by atoms with Crippen LogP contribution < -0.4 is 20.2 Å². The Kier molecular flexibility index (Phi) is 7.62. The van der Waals surface area contributed by atoms with E-state index in [9.17, 15) is 9.59 Å². The summed E-state index contributed by atoms with van der Waals surface area (Å²) in [6.07, 6.45) is 1.56. The molecule has 3 rings (SSSR count). The molecular formula is C24H22BrN3O4. The first-order chi connectivity index (χ1) is 15.4. The molecule has 0 aliphatic rings. The van der Waals surface area contributed by atoms with Crippen LogP contribution >= 0.6 is 15.9 Å².